The van der Waals surface area contributed by atoms with Crippen molar-refractivity contribution < 1.29 is 13.2 Å². The summed E-state index contributed by atoms with van der Waals surface area (Å²) in [5.74, 6) is -0.0873. The molecule has 1 heterocycles. The van der Waals surface area contributed by atoms with E-state index in [2.05, 4.69) is 46.3 Å². The molecule has 3 N–H and O–H groups in total. The molecule has 0 radical (unpaired) electrons. The Hall–Kier alpha value is -2.26. The minimum absolute atomic E-state index is 0.0269. The fraction of sp³-hybridized carbons (Fsp3) is 0.381. The number of aryl methyl sites for hydroxylation is 1. The Morgan fingerprint density at radius 1 is 1.00 bits per heavy atom. The van der Waals surface area contributed by atoms with E-state index in [0.29, 0.717) is 18.7 Å². The summed E-state index contributed by atoms with van der Waals surface area (Å²) < 4.78 is 22.5. The lowest BCUT2D eigenvalue weighted by atomic mass is 10.1. The van der Waals surface area contributed by atoms with Gasteiger partial charge in [0.2, 0.25) is 15.9 Å². The van der Waals surface area contributed by atoms with Gasteiger partial charge in [0.05, 0.1) is 4.90 Å². The molecule has 1 aliphatic heterocycles. The predicted octanol–water partition coefficient (Wildman–Crippen LogP) is 1.79. The first-order valence-electron chi connectivity index (χ1n) is 9.73. The van der Waals surface area contributed by atoms with Gasteiger partial charge in [0.25, 0.3) is 0 Å². The van der Waals surface area contributed by atoms with Crippen LogP contribution in [0.15, 0.2) is 53.4 Å². The third kappa shape index (κ3) is 6.37. The highest BCUT2D eigenvalue weighted by atomic mass is 32.2. The summed E-state index contributed by atoms with van der Waals surface area (Å²) >= 11 is 0. The van der Waals surface area contributed by atoms with Crippen LogP contribution < -0.4 is 10.5 Å². The first-order chi connectivity index (χ1) is 13.8. The Morgan fingerprint density at radius 2 is 1.62 bits per heavy atom. The van der Waals surface area contributed by atoms with E-state index in [9.17, 15) is 13.2 Å². The molecular formula is C21H28N4O3S. The van der Waals surface area contributed by atoms with Crippen molar-refractivity contribution in [2.75, 3.05) is 38.0 Å². The summed E-state index contributed by atoms with van der Waals surface area (Å²) in [7, 11) is -3.72. The van der Waals surface area contributed by atoms with Gasteiger partial charge in [0.1, 0.15) is 0 Å². The number of anilines is 1. The molecule has 0 bridgehead atoms. The van der Waals surface area contributed by atoms with Crippen LogP contribution in [0.1, 0.15) is 17.5 Å². The zero-order valence-electron chi connectivity index (χ0n) is 16.7. The number of nitrogens with two attached hydrogens (primary N) is 1. The maximum absolute atomic E-state index is 12.2. The van der Waals surface area contributed by atoms with E-state index in [1.54, 1.807) is 12.1 Å². The molecule has 0 aromatic heterocycles. The Morgan fingerprint density at radius 3 is 2.24 bits per heavy atom. The highest BCUT2D eigenvalue weighted by Gasteiger charge is 2.18. The van der Waals surface area contributed by atoms with E-state index in [4.69, 9.17) is 5.14 Å². The summed E-state index contributed by atoms with van der Waals surface area (Å²) in [5.41, 5.74) is 3.25. The van der Waals surface area contributed by atoms with Crippen molar-refractivity contribution in [2.45, 2.75) is 24.8 Å². The highest BCUT2D eigenvalue weighted by molar-refractivity contribution is 7.89. The molecule has 0 saturated carbocycles. The molecule has 29 heavy (non-hydrogen) atoms. The maximum atomic E-state index is 12.2. The number of sulfonamides is 1. The second-order valence-corrected chi connectivity index (χ2v) is 8.97. The molecule has 1 aliphatic rings. The van der Waals surface area contributed by atoms with Crippen molar-refractivity contribution in [3.63, 3.8) is 0 Å². The number of carbonyl (C=O) groups excluding carboxylic acids is 1. The number of nitrogens with one attached hydrogen (secondary N) is 1. The quantitative estimate of drug-likeness (QED) is 0.717. The SMILES string of the molecule is Cc1ccccc1CN1CCN(CCC(=O)Nc2ccc(S(N)(=O)=O)cc2)CC1. The van der Waals surface area contributed by atoms with Crippen molar-refractivity contribution >= 4 is 21.6 Å². The van der Waals surface area contributed by atoms with E-state index in [1.807, 2.05) is 0 Å². The van der Waals surface area contributed by atoms with Gasteiger partial charge in [-0.1, -0.05) is 24.3 Å². The molecule has 156 valence electrons. The number of primary sulfonamides is 1. The number of hydrogen-bond donors (Lipinski definition) is 2. The van der Waals surface area contributed by atoms with Crippen LogP contribution in [0.5, 0.6) is 0 Å². The molecular weight excluding hydrogens is 388 g/mol. The molecule has 1 saturated heterocycles. The Bertz CT molecular complexity index is 937. The second kappa shape index (κ2) is 9.49. The standard InChI is InChI=1S/C21H28N4O3S/c1-17-4-2-3-5-18(17)16-25-14-12-24(13-15-25)11-10-21(26)23-19-6-8-20(9-7-19)29(22,27)28/h2-9H,10-16H2,1H3,(H,23,26)(H2,22,27,28). The van der Waals surface area contributed by atoms with Gasteiger partial charge in [0, 0.05) is 51.4 Å². The average Bonchev–Trinajstić information content (AvgIpc) is 2.69. The lowest BCUT2D eigenvalue weighted by Crippen LogP contribution is -2.46. The number of amides is 1. The summed E-state index contributed by atoms with van der Waals surface area (Å²) in [6, 6.07) is 14.3. The van der Waals surface area contributed by atoms with Crippen LogP contribution in [0.4, 0.5) is 5.69 Å². The molecule has 0 atom stereocenters. The zero-order valence-corrected chi connectivity index (χ0v) is 17.5. The molecule has 0 unspecified atom stereocenters. The van der Waals surface area contributed by atoms with Gasteiger partial charge in [-0.3, -0.25) is 9.69 Å². The van der Waals surface area contributed by atoms with Crippen LogP contribution in [0.3, 0.4) is 0 Å². The Labute approximate surface area is 172 Å². The van der Waals surface area contributed by atoms with Crippen LogP contribution in [-0.4, -0.2) is 56.8 Å². The van der Waals surface area contributed by atoms with Gasteiger partial charge < -0.3 is 10.2 Å². The molecule has 7 nitrogen and oxygen atoms in total. The average molecular weight is 417 g/mol. The van der Waals surface area contributed by atoms with Crippen molar-refractivity contribution in [3.8, 4) is 0 Å². The fourth-order valence-electron chi connectivity index (χ4n) is 3.41. The van der Waals surface area contributed by atoms with E-state index in [-0.39, 0.29) is 10.8 Å². The van der Waals surface area contributed by atoms with Crippen LogP contribution in [-0.2, 0) is 21.4 Å². The third-order valence-corrected chi connectivity index (χ3v) is 6.17. The number of piperazine rings is 1. The van der Waals surface area contributed by atoms with Crippen LogP contribution in [0.2, 0.25) is 0 Å². The lowest BCUT2D eigenvalue weighted by molar-refractivity contribution is -0.116. The van der Waals surface area contributed by atoms with E-state index < -0.39 is 10.0 Å². The van der Waals surface area contributed by atoms with Gasteiger partial charge in [0.15, 0.2) is 0 Å². The number of hydrogen-bond acceptors (Lipinski definition) is 5. The molecule has 0 aliphatic carbocycles. The zero-order chi connectivity index (χ0) is 20.9. The van der Waals surface area contributed by atoms with Crippen LogP contribution in [0.25, 0.3) is 0 Å². The smallest absolute Gasteiger partial charge is 0.238 e. The Kier molecular flexibility index (Phi) is 7.02. The van der Waals surface area contributed by atoms with Crippen molar-refractivity contribution in [3.05, 3.63) is 59.7 Å². The Balaban J connectivity index is 1.40. The van der Waals surface area contributed by atoms with E-state index in [1.165, 1.54) is 23.3 Å². The largest absolute Gasteiger partial charge is 0.326 e. The second-order valence-electron chi connectivity index (χ2n) is 7.41. The lowest BCUT2D eigenvalue weighted by Gasteiger charge is -2.34. The van der Waals surface area contributed by atoms with E-state index >= 15 is 0 Å². The number of benzene rings is 2. The molecule has 1 amide bonds. The summed E-state index contributed by atoms with van der Waals surface area (Å²) in [6.45, 7) is 7.70. The molecule has 3 rings (SSSR count). The summed E-state index contributed by atoms with van der Waals surface area (Å²) in [4.78, 5) is 17.0. The van der Waals surface area contributed by atoms with Crippen molar-refractivity contribution in [1.29, 1.82) is 0 Å². The normalized spacial score (nSPS) is 15.9. The maximum Gasteiger partial charge on any atom is 0.238 e. The summed E-state index contributed by atoms with van der Waals surface area (Å²) in [6.07, 6.45) is 0.398. The first kappa shape index (κ1) is 21.4. The number of carbonyl (C=O) groups is 1. The van der Waals surface area contributed by atoms with E-state index in [0.717, 1.165) is 32.7 Å². The van der Waals surface area contributed by atoms with Gasteiger partial charge >= 0.3 is 0 Å². The van der Waals surface area contributed by atoms with Crippen LogP contribution >= 0.6 is 0 Å². The fourth-order valence-corrected chi connectivity index (χ4v) is 3.93. The number of rotatable bonds is 7. The molecule has 2 aromatic rings. The van der Waals surface area contributed by atoms with Crippen molar-refractivity contribution in [2.24, 2.45) is 5.14 Å². The molecule has 8 heteroatoms. The highest BCUT2D eigenvalue weighted by Crippen LogP contribution is 2.14. The third-order valence-electron chi connectivity index (χ3n) is 5.24. The molecule has 0 spiro atoms. The molecule has 1 fully saturated rings. The number of nitrogens with zero attached hydrogens (tertiary/aromatic N) is 2. The minimum Gasteiger partial charge on any atom is -0.326 e. The monoisotopic (exact) mass is 416 g/mol. The minimum atomic E-state index is -3.72. The van der Waals surface area contributed by atoms with Gasteiger partial charge in [-0.2, -0.15) is 0 Å². The van der Waals surface area contributed by atoms with Crippen LogP contribution in [0, 0.1) is 6.92 Å². The van der Waals surface area contributed by atoms with Gasteiger partial charge in [-0.25, -0.2) is 13.6 Å². The predicted molar refractivity (Wildman–Crippen MR) is 114 cm³/mol. The topological polar surface area (TPSA) is 95.7 Å². The van der Waals surface area contributed by atoms with Gasteiger partial charge in [-0.15, -0.1) is 0 Å². The first-order valence-corrected chi connectivity index (χ1v) is 11.3. The molecule has 2 aromatic carbocycles. The van der Waals surface area contributed by atoms with Crippen molar-refractivity contribution in [1.82, 2.24) is 9.80 Å². The summed E-state index contributed by atoms with van der Waals surface area (Å²) in [5, 5.41) is 7.87. The van der Waals surface area contributed by atoms with Gasteiger partial charge in [-0.05, 0) is 42.3 Å².